The first-order valence-corrected chi connectivity index (χ1v) is 10.7. The number of Topliss-reactive ketones (excluding diaryl/α,β-unsaturated/α-hetero) is 1. The van der Waals surface area contributed by atoms with Crippen molar-refractivity contribution in [2.45, 2.75) is 51.6 Å². The maximum Gasteiger partial charge on any atom is 0.293 e. The number of rotatable bonds is 7. The summed E-state index contributed by atoms with van der Waals surface area (Å²) in [6.45, 7) is 4.29. The molecule has 7 N–H and O–H groups in total. The van der Waals surface area contributed by atoms with Crippen LogP contribution in [-0.4, -0.2) is 27.7 Å². The minimum absolute atomic E-state index is 0.296. The standard InChI is InChI=1S/C23H28N6O3/c1-13-5-3-6-15(11-13)27-21(31)19-14(2)18(16-7-4-10-29(16)19)20(30)22(32)28-23(8-9-23)17(24)12-26-25/h3,5-6,11-12,26H,4,7-10,24-25H2,1-2H3,(H,27,31)(H,28,32)/b17-12-. The van der Waals surface area contributed by atoms with Crippen LogP contribution in [0.5, 0.6) is 0 Å². The van der Waals surface area contributed by atoms with Crippen LogP contribution in [0.1, 0.15) is 56.9 Å². The number of aromatic nitrogens is 1. The Morgan fingerprint density at radius 2 is 1.94 bits per heavy atom. The lowest BCUT2D eigenvalue weighted by atomic mass is 10.0. The molecule has 0 atom stereocenters. The number of hydrogen-bond acceptors (Lipinski definition) is 6. The maximum absolute atomic E-state index is 13.2. The SMILES string of the molecule is Cc1cccc(NC(=O)c2c(C)c(C(=O)C(=O)NC3(/C(N)=C/NN)CC3)c3n2CCC3)c1. The minimum atomic E-state index is -0.749. The van der Waals surface area contributed by atoms with Crippen LogP contribution in [0.15, 0.2) is 36.2 Å². The van der Waals surface area contributed by atoms with E-state index in [1.54, 1.807) is 6.92 Å². The quantitative estimate of drug-likeness (QED) is 0.192. The summed E-state index contributed by atoms with van der Waals surface area (Å²) in [4.78, 5) is 39.2. The molecule has 1 saturated carbocycles. The number of amides is 2. The molecule has 9 heteroatoms. The van der Waals surface area contributed by atoms with Crippen molar-refractivity contribution in [3.8, 4) is 0 Å². The van der Waals surface area contributed by atoms with E-state index < -0.39 is 17.2 Å². The first-order chi connectivity index (χ1) is 15.3. The van der Waals surface area contributed by atoms with Crippen LogP contribution in [-0.2, 0) is 17.8 Å². The number of carbonyl (C=O) groups excluding carboxylic acids is 3. The third kappa shape index (κ3) is 3.75. The monoisotopic (exact) mass is 436 g/mol. The fourth-order valence-electron chi connectivity index (χ4n) is 4.45. The van der Waals surface area contributed by atoms with Gasteiger partial charge in [0.1, 0.15) is 5.69 Å². The number of anilines is 1. The van der Waals surface area contributed by atoms with Gasteiger partial charge in [0.15, 0.2) is 0 Å². The van der Waals surface area contributed by atoms with Crippen molar-refractivity contribution in [1.29, 1.82) is 0 Å². The number of nitrogens with two attached hydrogens (primary N) is 2. The molecule has 1 fully saturated rings. The van der Waals surface area contributed by atoms with Gasteiger partial charge in [0.05, 0.1) is 16.8 Å². The van der Waals surface area contributed by atoms with Crippen molar-refractivity contribution in [1.82, 2.24) is 15.3 Å². The number of nitrogens with zero attached hydrogens (tertiary/aromatic N) is 1. The second-order valence-corrected chi connectivity index (χ2v) is 8.51. The molecule has 0 spiro atoms. The summed E-state index contributed by atoms with van der Waals surface area (Å²) in [6.07, 6.45) is 4.12. The first-order valence-electron chi connectivity index (χ1n) is 10.7. The lowest BCUT2D eigenvalue weighted by molar-refractivity contribution is -0.117. The first kappa shape index (κ1) is 21.6. The highest BCUT2D eigenvalue weighted by molar-refractivity contribution is 6.44. The number of hydrazine groups is 1. The molecule has 1 aliphatic heterocycles. The number of hydrogen-bond donors (Lipinski definition) is 5. The summed E-state index contributed by atoms with van der Waals surface area (Å²) in [5.74, 6) is 3.61. The highest BCUT2D eigenvalue weighted by Crippen LogP contribution is 2.40. The van der Waals surface area contributed by atoms with Gasteiger partial charge in [-0.3, -0.25) is 20.2 Å². The van der Waals surface area contributed by atoms with Crippen molar-refractivity contribution in [2.24, 2.45) is 11.6 Å². The second kappa shape index (κ2) is 8.16. The zero-order valence-electron chi connectivity index (χ0n) is 18.2. The predicted octanol–water partition coefficient (Wildman–Crippen LogP) is 1.40. The molecule has 32 heavy (non-hydrogen) atoms. The van der Waals surface area contributed by atoms with E-state index >= 15 is 0 Å². The molecule has 1 aliphatic carbocycles. The zero-order chi connectivity index (χ0) is 23.0. The highest BCUT2D eigenvalue weighted by atomic mass is 16.2. The Bertz CT molecular complexity index is 1140. The van der Waals surface area contributed by atoms with Gasteiger partial charge in [-0.2, -0.15) is 0 Å². The summed E-state index contributed by atoms with van der Waals surface area (Å²) < 4.78 is 1.86. The Morgan fingerprint density at radius 3 is 2.59 bits per heavy atom. The average molecular weight is 437 g/mol. The average Bonchev–Trinajstić information content (AvgIpc) is 3.28. The van der Waals surface area contributed by atoms with Crippen LogP contribution in [0.25, 0.3) is 0 Å². The molecular formula is C23H28N6O3. The number of nitrogens with one attached hydrogen (secondary N) is 3. The van der Waals surface area contributed by atoms with Crippen molar-refractivity contribution in [2.75, 3.05) is 5.32 Å². The van der Waals surface area contributed by atoms with Crippen LogP contribution >= 0.6 is 0 Å². The van der Waals surface area contributed by atoms with E-state index in [0.29, 0.717) is 54.0 Å². The molecule has 0 bridgehead atoms. The predicted molar refractivity (Wildman–Crippen MR) is 121 cm³/mol. The molecule has 0 radical (unpaired) electrons. The van der Waals surface area contributed by atoms with Crippen molar-refractivity contribution in [3.05, 3.63) is 64.2 Å². The van der Waals surface area contributed by atoms with Gasteiger partial charge in [0, 0.05) is 24.1 Å². The van der Waals surface area contributed by atoms with Crippen LogP contribution in [0, 0.1) is 13.8 Å². The molecule has 1 aromatic heterocycles. The van der Waals surface area contributed by atoms with Crippen LogP contribution < -0.4 is 27.6 Å². The van der Waals surface area contributed by atoms with Gasteiger partial charge < -0.3 is 26.4 Å². The minimum Gasteiger partial charge on any atom is -0.399 e. The Kier molecular flexibility index (Phi) is 5.52. The van der Waals surface area contributed by atoms with E-state index in [1.165, 1.54) is 6.20 Å². The molecule has 168 valence electrons. The molecule has 4 rings (SSSR count). The maximum atomic E-state index is 13.2. The second-order valence-electron chi connectivity index (χ2n) is 8.51. The highest BCUT2D eigenvalue weighted by Gasteiger charge is 2.48. The summed E-state index contributed by atoms with van der Waals surface area (Å²) >= 11 is 0. The Hall–Kier alpha value is -3.59. The van der Waals surface area contributed by atoms with Gasteiger partial charge in [0.2, 0.25) is 0 Å². The lowest BCUT2D eigenvalue weighted by Crippen LogP contribution is -2.45. The van der Waals surface area contributed by atoms with Crippen molar-refractivity contribution >= 4 is 23.3 Å². The number of benzene rings is 1. The number of aryl methyl sites for hydroxylation is 1. The smallest absolute Gasteiger partial charge is 0.293 e. The third-order valence-corrected chi connectivity index (χ3v) is 6.23. The third-order valence-electron chi connectivity index (χ3n) is 6.23. The molecule has 2 aliphatic rings. The molecule has 2 heterocycles. The Labute approximate surface area is 186 Å². The molecule has 1 aromatic carbocycles. The lowest BCUT2D eigenvalue weighted by Gasteiger charge is -2.17. The van der Waals surface area contributed by atoms with Crippen molar-refractivity contribution < 1.29 is 14.4 Å². The van der Waals surface area contributed by atoms with Gasteiger partial charge in [-0.15, -0.1) is 0 Å². The molecular weight excluding hydrogens is 408 g/mol. The van der Waals surface area contributed by atoms with Crippen LogP contribution in [0.2, 0.25) is 0 Å². The summed E-state index contributed by atoms with van der Waals surface area (Å²) in [6, 6.07) is 7.51. The zero-order valence-corrected chi connectivity index (χ0v) is 18.2. The van der Waals surface area contributed by atoms with Gasteiger partial charge >= 0.3 is 0 Å². The number of carbonyl (C=O) groups is 3. The summed E-state index contributed by atoms with van der Waals surface area (Å²) in [7, 11) is 0. The van der Waals surface area contributed by atoms with E-state index in [-0.39, 0.29) is 5.91 Å². The number of ketones is 1. The van der Waals surface area contributed by atoms with E-state index in [9.17, 15) is 14.4 Å². The number of fused-ring (bicyclic) bond motifs is 1. The topological polar surface area (TPSA) is 144 Å². The van der Waals surface area contributed by atoms with E-state index in [2.05, 4.69) is 16.1 Å². The van der Waals surface area contributed by atoms with Crippen LogP contribution in [0.3, 0.4) is 0 Å². The Balaban J connectivity index is 1.61. The molecule has 2 amide bonds. The molecule has 9 nitrogen and oxygen atoms in total. The van der Waals surface area contributed by atoms with Crippen molar-refractivity contribution in [3.63, 3.8) is 0 Å². The largest absolute Gasteiger partial charge is 0.399 e. The van der Waals surface area contributed by atoms with Gasteiger partial charge in [0.25, 0.3) is 17.6 Å². The Morgan fingerprint density at radius 1 is 1.19 bits per heavy atom. The fraction of sp³-hybridized carbons (Fsp3) is 0.348. The molecule has 0 saturated heterocycles. The molecule has 0 unspecified atom stereocenters. The summed E-state index contributed by atoms with van der Waals surface area (Å²) in [5.41, 5.74) is 11.7. The van der Waals surface area contributed by atoms with E-state index in [0.717, 1.165) is 17.7 Å². The van der Waals surface area contributed by atoms with Gasteiger partial charge in [-0.1, -0.05) is 12.1 Å². The van der Waals surface area contributed by atoms with E-state index in [1.807, 2.05) is 35.8 Å². The van der Waals surface area contributed by atoms with Gasteiger partial charge in [-0.05, 0) is 62.8 Å². The normalized spacial score (nSPS) is 16.3. The van der Waals surface area contributed by atoms with Gasteiger partial charge in [-0.25, -0.2) is 0 Å². The summed E-state index contributed by atoms with van der Waals surface area (Å²) in [5, 5.41) is 5.68. The van der Waals surface area contributed by atoms with Crippen LogP contribution in [0.4, 0.5) is 5.69 Å². The van der Waals surface area contributed by atoms with E-state index in [4.69, 9.17) is 11.6 Å². The molecule has 2 aromatic rings. The fourth-order valence-corrected chi connectivity index (χ4v) is 4.45.